The van der Waals surface area contributed by atoms with Gasteiger partial charge < -0.3 is 8.85 Å². The molecule has 0 aromatic carbocycles. The Morgan fingerprint density at radius 2 is 1.69 bits per heavy atom. The Hall–Kier alpha value is 0.0938. The zero-order valence-corrected chi connectivity index (χ0v) is 22.8. The smallest absolute Gasteiger partial charge is 0.184 e. The van der Waals surface area contributed by atoms with Gasteiger partial charge >= 0.3 is 0 Å². The van der Waals surface area contributed by atoms with Gasteiger partial charge in [0.1, 0.15) is 0 Å². The zero-order chi connectivity index (χ0) is 21.7. The van der Waals surface area contributed by atoms with Crippen LogP contribution in [0.1, 0.15) is 65.7 Å². The molecular formula is C25H48O2Si2. The number of fused-ring (bicyclic) bond motifs is 1. The van der Waals surface area contributed by atoms with Crippen molar-refractivity contribution in [2.24, 2.45) is 29.1 Å². The first-order valence-corrected chi connectivity index (χ1v) is 19.1. The summed E-state index contributed by atoms with van der Waals surface area (Å²) in [5.41, 5.74) is 0.459. The summed E-state index contributed by atoms with van der Waals surface area (Å²) in [6.45, 7) is 21.5. The summed E-state index contributed by atoms with van der Waals surface area (Å²) >= 11 is 0. The molecule has 0 aromatic rings. The highest BCUT2D eigenvalue weighted by Gasteiger charge is 2.53. The highest BCUT2D eigenvalue weighted by molar-refractivity contribution is 6.70. The number of hydrogen-bond acceptors (Lipinski definition) is 2. The molecule has 0 aliphatic heterocycles. The van der Waals surface area contributed by atoms with Gasteiger partial charge in [0.25, 0.3) is 0 Å². The van der Waals surface area contributed by atoms with Crippen molar-refractivity contribution in [3.8, 4) is 0 Å². The third-order valence-corrected chi connectivity index (χ3v) is 10.0. The summed E-state index contributed by atoms with van der Waals surface area (Å²) < 4.78 is 13.2. The molecular weight excluding hydrogens is 388 g/mol. The van der Waals surface area contributed by atoms with Crippen LogP contribution in [0.25, 0.3) is 0 Å². The SMILES string of the molecule is C[C@H](C[C@H]1C=C[C@](C)(O[Si](C)(C)C)C1)[C@H]1CCC2C(O[Si](C)(C)C)CCC[C@@]21C. The van der Waals surface area contributed by atoms with Crippen molar-refractivity contribution >= 4 is 16.6 Å². The van der Waals surface area contributed by atoms with Gasteiger partial charge in [0, 0.05) is 6.10 Å². The van der Waals surface area contributed by atoms with Crippen LogP contribution < -0.4 is 0 Å². The zero-order valence-electron chi connectivity index (χ0n) is 20.8. The minimum atomic E-state index is -1.51. The van der Waals surface area contributed by atoms with Gasteiger partial charge in [0.2, 0.25) is 0 Å². The Kier molecular flexibility index (Phi) is 6.73. The van der Waals surface area contributed by atoms with Gasteiger partial charge in [-0.05, 0) is 114 Å². The van der Waals surface area contributed by atoms with Gasteiger partial charge in [-0.3, -0.25) is 0 Å². The molecule has 4 heteroatoms. The Morgan fingerprint density at radius 1 is 1.00 bits per heavy atom. The van der Waals surface area contributed by atoms with Gasteiger partial charge in [0.05, 0.1) is 5.60 Å². The van der Waals surface area contributed by atoms with E-state index in [0.717, 1.165) is 17.8 Å². The fourth-order valence-corrected chi connectivity index (χ4v) is 10.0. The molecule has 2 unspecified atom stereocenters. The van der Waals surface area contributed by atoms with Crippen molar-refractivity contribution in [3.05, 3.63) is 12.2 Å². The Bertz CT molecular complexity index is 605. The predicted octanol–water partition coefficient (Wildman–Crippen LogP) is 7.64. The van der Waals surface area contributed by atoms with Crippen LogP contribution in [-0.4, -0.2) is 28.3 Å². The maximum Gasteiger partial charge on any atom is 0.184 e. The van der Waals surface area contributed by atoms with E-state index < -0.39 is 16.6 Å². The first kappa shape index (κ1) is 23.8. The summed E-state index contributed by atoms with van der Waals surface area (Å²) in [7, 11) is -2.99. The lowest BCUT2D eigenvalue weighted by atomic mass is 9.61. The molecule has 0 heterocycles. The molecule has 3 aliphatic carbocycles. The van der Waals surface area contributed by atoms with Gasteiger partial charge in [0.15, 0.2) is 16.6 Å². The van der Waals surface area contributed by atoms with Crippen molar-refractivity contribution in [1.82, 2.24) is 0 Å². The van der Waals surface area contributed by atoms with E-state index in [-0.39, 0.29) is 5.60 Å². The van der Waals surface area contributed by atoms with E-state index in [4.69, 9.17) is 8.85 Å². The Labute approximate surface area is 183 Å². The molecule has 0 saturated heterocycles. The average Bonchev–Trinajstić information content (AvgIpc) is 3.04. The molecule has 0 radical (unpaired) electrons. The summed E-state index contributed by atoms with van der Waals surface area (Å²) in [5.74, 6) is 3.12. The summed E-state index contributed by atoms with van der Waals surface area (Å²) in [5, 5.41) is 0. The average molecular weight is 437 g/mol. The molecule has 7 atom stereocenters. The van der Waals surface area contributed by atoms with Gasteiger partial charge in [-0.2, -0.15) is 0 Å². The number of allylic oxidation sites excluding steroid dienone is 1. The van der Waals surface area contributed by atoms with Crippen LogP contribution in [0.4, 0.5) is 0 Å². The fourth-order valence-electron chi connectivity index (χ4n) is 7.27. The molecule has 0 amide bonds. The first-order chi connectivity index (χ1) is 13.2. The third kappa shape index (κ3) is 5.67. The lowest BCUT2D eigenvalue weighted by Gasteiger charge is -2.48. The van der Waals surface area contributed by atoms with E-state index in [0.29, 0.717) is 17.4 Å². The molecule has 168 valence electrons. The maximum atomic E-state index is 6.71. The largest absolute Gasteiger partial charge is 0.414 e. The second-order valence-electron chi connectivity index (χ2n) is 13.0. The van der Waals surface area contributed by atoms with E-state index in [1.54, 1.807) is 0 Å². The van der Waals surface area contributed by atoms with Gasteiger partial charge in [-0.15, -0.1) is 0 Å². The van der Waals surface area contributed by atoms with Crippen LogP contribution in [-0.2, 0) is 8.85 Å². The number of rotatable bonds is 7. The van der Waals surface area contributed by atoms with Gasteiger partial charge in [-0.1, -0.05) is 32.4 Å². The van der Waals surface area contributed by atoms with Crippen molar-refractivity contribution in [1.29, 1.82) is 0 Å². The first-order valence-electron chi connectivity index (χ1n) is 12.3. The molecule has 3 aliphatic rings. The summed E-state index contributed by atoms with van der Waals surface area (Å²) in [4.78, 5) is 0. The molecule has 0 spiro atoms. The van der Waals surface area contributed by atoms with Gasteiger partial charge in [-0.25, -0.2) is 0 Å². The van der Waals surface area contributed by atoms with Crippen molar-refractivity contribution < 1.29 is 8.85 Å². The van der Waals surface area contributed by atoms with Crippen LogP contribution in [0.3, 0.4) is 0 Å². The molecule has 2 nitrogen and oxygen atoms in total. The summed E-state index contributed by atoms with van der Waals surface area (Å²) in [6, 6.07) is 0. The van der Waals surface area contributed by atoms with Crippen molar-refractivity contribution in [2.75, 3.05) is 0 Å². The maximum absolute atomic E-state index is 6.71. The molecule has 2 fully saturated rings. The van der Waals surface area contributed by atoms with Crippen molar-refractivity contribution in [3.63, 3.8) is 0 Å². The van der Waals surface area contributed by atoms with Crippen LogP contribution in [0.15, 0.2) is 12.2 Å². The predicted molar refractivity (Wildman–Crippen MR) is 130 cm³/mol. The lowest BCUT2D eigenvalue weighted by Crippen LogP contribution is -2.46. The Balaban J connectivity index is 1.62. The molecule has 0 aromatic heterocycles. The van der Waals surface area contributed by atoms with E-state index in [1.165, 1.54) is 44.9 Å². The molecule has 2 saturated carbocycles. The van der Waals surface area contributed by atoms with Crippen LogP contribution >= 0.6 is 0 Å². The minimum absolute atomic E-state index is 0.0297. The summed E-state index contributed by atoms with van der Waals surface area (Å²) in [6.07, 6.45) is 14.7. The third-order valence-electron chi connectivity index (χ3n) is 7.93. The molecule has 0 N–H and O–H groups in total. The molecule has 0 bridgehead atoms. The van der Waals surface area contributed by atoms with E-state index >= 15 is 0 Å². The van der Waals surface area contributed by atoms with E-state index in [1.807, 2.05) is 0 Å². The normalized spacial score (nSPS) is 41.6. The van der Waals surface area contributed by atoms with E-state index in [2.05, 4.69) is 72.2 Å². The molecule has 3 rings (SSSR count). The second kappa shape index (κ2) is 8.22. The topological polar surface area (TPSA) is 18.5 Å². The fraction of sp³-hybridized carbons (Fsp3) is 0.920. The molecule has 29 heavy (non-hydrogen) atoms. The number of hydrogen-bond donors (Lipinski definition) is 0. The monoisotopic (exact) mass is 436 g/mol. The van der Waals surface area contributed by atoms with Crippen LogP contribution in [0.5, 0.6) is 0 Å². The standard InChI is InChI=1S/C25H48O2Si2/c1-19(17-20-14-16-24(2,18-20)27-29(7,8)9)21-12-13-22-23(26-28(4,5)6)11-10-15-25(21,22)3/h14,16,19-23H,10-13,15,17-18H2,1-9H3/t19-,20-,21-,22?,23?,24+,25-/m1/s1. The van der Waals surface area contributed by atoms with Crippen molar-refractivity contribution in [2.45, 2.75) is 117 Å². The lowest BCUT2D eigenvalue weighted by molar-refractivity contribution is -0.0199. The minimum Gasteiger partial charge on any atom is -0.414 e. The highest BCUT2D eigenvalue weighted by atomic mass is 28.4. The Morgan fingerprint density at radius 3 is 2.31 bits per heavy atom. The highest BCUT2D eigenvalue weighted by Crippen LogP contribution is 2.59. The van der Waals surface area contributed by atoms with E-state index in [9.17, 15) is 0 Å². The van der Waals surface area contributed by atoms with Crippen LogP contribution in [0.2, 0.25) is 39.3 Å². The van der Waals surface area contributed by atoms with Crippen LogP contribution in [0, 0.1) is 29.1 Å². The second-order valence-corrected chi connectivity index (χ2v) is 21.9. The quantitative estimate of drug-likeness (QED) is 0.301.